The first-order valence-corrected chi connectivity index (χ1v) is 6.78. The quantitative estimate of drug-likeness (QED) is 0.749. The Hall–Kier alpha value is 0.0400. The van der Waals surface area contributed by atoms with Gasteiger partial charge < -0.3 is 0 Å². The molecule has 0 radical (unpaired) electrons. The van der Waals surface area contributed by atoms with Crippen molar-refractivity contribution in [3.8, 4) is 0 Å². The Morgan fingerprint density at radius 1 is 0.857 bits per heavy atom. The smallest absolute Gasteiger partial charge is 0.185 e. The van der Waals surface area contributed by atoms with E-state index in [0.29, 0.717) is 0 Å². The Bertz CT molecular complexity index is 140. The minimum absolute atomic E-state index is 0.224. The molecule has 0 aliphatic carbocycles. The molecule has 0 aliphatic rings. The summed E-state index contributed by atoms with van der Waals surface area (Å²) in [6, 6.07) is 0. The fourth-order valence-corrected chi connectivity index (χ4v) is 1.47. The maximum Gasteiger partial charge on any atom is 0.185 e. The van der Waals surface area contributed by atoms with Crippen LogP contribution in [0.25, 0.3) is 0 Å². The van der Waals surface area contributed by atoms with Crippen LogP contribution < -0.4 is 0 Å². The zero-order valence-electron chi connectivity index (χ0n) is 9.46. The van der Waals surface area contributed by atoms with E-state index in [-0.39, 0.29) is 10.2 Å². The maximum absolute atomic E-state index is 10.2. The zero-order chi connectivity index (χ0) is 11.4. The zero-order valence-corrected chi connectivity index (χ0v) is 11.1. The normalized spacial score (nSPS) is 8.86. The van der Waals surface area contributed by atoms with Gasteiger partial charge in [0.15, 0.2) is 10.2 Å². The lowest BCUT2D eigenvalue weighted by Crippen LogP contribution is -1.81. The van der Waals surface area contributed by atoms with Crippen LogP contribution in [0.2, 0.25) is 0 Å². The molecule has 0 saturated carbocycles. The minimum atomic E-state index is 0.224. The molecule has 0 N–H and O–H groups in total. The lowest BCUT2D eigenvalue weighted by atomic mass is 10.6. The monoisotopic (exact) mass is 236 g/mol. The molecule has 0 heterocycles. The van der Waals surface area contributed by atoms with E-state index in [2.05, 4.69) is 13.8 Å². The second-order valence-corrected chi connectivity index (χ2v) is 5.22. The van der Waals surface area contributed by atoms with Gasteiger partial charge in [-0.3, -0.25) is 9.59 Å². The molecule has 14 heavy (non-hydrogen) atoms. The molecule has 2 nitrogen and oxygen atoms in total. The van der Waals surface area contributed by atoms with Crippen LogP contribution >= 0.6 is 23.5 Å². The van der Waals surface area contributed by atoms with E-state index >= 15 is 0 Å². The number of carbonyl (C=O) groups excluding carboxylic acids is 2. The van der Waals surface area contributed by atoms with Gasteiger partial charge in [-0.25, -0.2) is 0 Å². The van der Waals surface area contributed by atoms with Crippen LogP contribution in [0.5, 0.6) is 0 Å². The van der Waals surface area contributed by atoms with Crippen molar-refractivity contribution in [2.75, 3.05) is 11.5 Å². The third kappa shape index (κ3) is 22.7. The highest BCUT2D eigenvalue weighted by Gasteiger charge is 1.88. The van der Waals surface area contributed by atoms with Crippen LogP contribution in [-0.2, 0) is 9.59 Å². The van der Waals surface area contributed by atoms with Crippen molar-refractivity contribution >= 4 is 33.8 Å². The van der Waals surface area contributed by atoms with Gasteiger partial charge in [0.05, 0.1) is 0 Å². The molecule has 0 aliphatic heterocycles. The maximum atomic E-state index is 10.2. The standard InChI is InChI=1S/2C5H10OS/c2*1-3-4-7-5(2)6/h2*3-4H2,1-2H3. The van der Waals surface area contributed by atoms with Gasteiger partial charge in [0.2, 0.25) is 0 Å². The molecular weight excluding hydrogens is 216 g/mol. The Labute approximate surface area is 95.6 Å². The van der Waals surface area contributed by atoms with Gasteiger partial charge in [0.1, 0.15) is 0 Å². The first kappa shape index (κ1) is 16.5. The lowest BCUT2D eigenvalue weighted by Gasteiger charge is -1.86. The number of carbonyl (C=O) groups is 2. The Balaban J connectivity index is 0. The van der Waals surface area contributed by atoms with Crippen molar-refractivity contribution < 1.29 is 9.59 Å². The topological polar surface area (TPSA) is 34.1 Å². The molecular formula is C10H20O2S2. The fraction of sp³-hybridized carbons (Fsp3) is 0.800. The van der Waals surface area contributed by atoms with Crippen molar-refractivity contribution in [1.82, 2.24) is 0 Å². The molecule has 0 spiro atoms. The number of thioether (sulfide) groups is 2. The van der Waals surface area contributed by atoms with Gasteiger partial charge in [0, 0.05) is 25.4 Å². The van der Waals surface area contributed by atoms with Gasteiger partial charge >= 0.3 is 0 Å². The molecule has 0 bridgehead atoms. The van der Waals surface area contributed by atoms with Gasteiger partial charge in [-0.2, -0.15) is 0 Å². The summed E-state index contributed by atoms with van der Waals surface area (Å²) in [4.78, 5) is 20.3. The van der Waals surface area contributed by atoms with E-state index in [4.69, 9.17) is 0 Å². The van der Waals surface area contributed by atoms with Gasteiger partial charge in [-0.1, -0.05) is 37.4 Å². The molecule has 0 unspecified atom stereocenters. The molecule has 0 rings (SSSR count). The van der Waals surface area contributed by atoms with E-state index in [1.165, 1.54) is 23.5 Å². The molecule has 0 aromatic rings. The average Bonchev–Trinajstić information content (AvgIpc) is 2.12. The van der Waals surface area contributed by atoms with E-state index in [0.717, 1.165) is 24.3 Å². The minimum Gasteiger partial charge on any atom is -0.288 e. The van der Waals surface area contributed by atoms with Crippen LogP contribution in [0.3, 0.4) is 0 Å². The molecule has 0 amide bonds. The summed E-state index contributed by atoms with van der Waals surface area (Å²) in [7, 11) is 0. The van der Waals surface area contributed by atoms with E-state index < -0.39 is 0 Å². The Kier molecular flexibility index (Phi) is 15.3. The second-order valence-electron chi connectivity index (χ2n) is 2.68. The molecule has 0 saturated heterocycles. The van der Waals surface area contributed by atoms with E-state index in [1.54, 1.807) is 13.8 Å². The van der Waals surface area contributed by atoms with Crippen LogP contribution in [-0.4, -0.2) is 21.7 Å². The molecule has 0 aromatic heterocycles. The Morgan fingerprint density at radius 2 is 1.14 bits per heavy atom. The first-order valence-electron chi connectivity index (χ1n) is 4.81. The molecule has 84 valence electrons. The highest BCUT2D eigenvalue weighted by Crippen LogP contribution is 2.01. The summed E-state index contributed by atoms with van der Waals surface area (Å²) in [6.07, 6.45) is 2.18. The van der Waals surface area contributed by atoms with Crippen molar-refractivity contribution in [2.24, 2.45) is 0 Å². The van der Waals surface area contributed by atoms with Gasteiger partial charge in [0.25, 0.3) is 0 Å². The highest BCUT2D eigenvalue weighted by molar-refractivity contribution is 8.13. The van der Waals surface area contributed by atoms with Gasteiger partial charge in [-0.15, -0.1) is 0 Å². The summed E-state index contributed by atoms with van der Waals surface area (Å²) in [5.41, 5.74) is 0. The molecule has 0 atom stereocenters. The third-order valence-corrected chi connectivity index (χ3v) is 3.06. The summed E-state index contributed by atoms with van der Waals surface area (Å²) in [6.45, 7) is 7.33. The lowest BCUT2D eigenvalue weighted by molar-refractivity contribution is -0.109. The number of hydrogen-bond acceptors (Lipinski definition) is 4. The SMILES string of the molecule is CCCSC(C)=O.CCCSC(C)=O. The highest BCUT2D eigenvalue weighted by atomic mass is 32.2. The van der Waals surface area contributed by atoms with E-state index in [1.807, 2.05) is 0 Å². The van der Waals surface area contributed by atoms with Crippen LogP contribution in [0.15, 0.2) is 0 Å². The molecule has 0 fully saturated rings. The number of hydrogen-bond donors (Lipinski definition) is 0. The van der Waals surface area contributed by atoms with Crippen molar-refractivity contribution in [2.45, 2.75) is 40.5 Å². The van der Waals surface area contributed by atoms with Crippen molar-refractivity contribution in [3.63, 3.8) is 0 Å². The van der Waals surface area contributed by atoms with Crippen LogP contribution in [0.4, 0.5) is 0 Å². The van der Waals surface area contributed by atoms with Crippen molar-refractivity contribution in [3.05, 3.63) is 0 Å². The van der Waals surface area contributed by atoms with E-state index in [9.17, 15) is 9.59 Å². The summed E-state index contributed by atoms with van der Waals surface area (Å²) < 4.78 is 0. The van der Waals surface area contributed by atoms with Gasteiger partial charge in [-0.05, 0) is 12.8 Å². The Morgan fingerprint density at radius 3 is 1.21 bits per heavy atom. The average molecular weight is 236 g/mol. The van der Waals surface area contributed by atoms with Crippen LogP contribution in [0, 0.1) is 0 Å². The first-order chi connectivity index (χ1) is 6.54. The predicted octanol–water partition coefficient (Wildman–Crippen LogP) is 3.35. The summed E-state index contributed by atoms with van der Waals surface area (Å²) in [5.74, 6) is 1.94. The van der Waals surface area contributed by atoms with Crippen molar-refractivity contribution in [1.29, 1.82) is 0 Å². The number of rotatable bonds is 4. The third-order valence-electron chi connectivity index (χ3n) is 1.02. The fourth-order valence-electron chi connectivity index (χ4n) is 0.492. The summed E-state index contributed by atoms with van der Waals surface area (Å²) >= 11 is 2.78. The second kappa shape index (κ2) is 13.0. The van der Waals surface area contributed by atoms with Crippen LogP contribution in [0.1, 0.15) is 40.5 Å². The predicted molar refractivity (Wildman–Crippen MR) is 66.9 cm³/mol. The summed E-state index contributed by atoms with van der Waals surface area (Å²) in [5, 5.41) is 0.448. The molecule has 0 aromatic carbocycles. The largest absolute Gasteiger partial charge is 0.288 e. The molecule has 4 heteroatoms.